The van der Waals surface area contributed by atoms with Gasteiger partial charge in [0.2, 0.25) is 5.88 Å². The largest absolute Gasteiger partial charge is 0.478 e. The van der Waals surface area contributed by atoms with Gasteiger partial charge in [0, 0.05) is 17.6 Å². The van der Waals surface area contributed by atoms with Crippen molar-refractivity contribution >= 4 is 17.4 Å². The zero-order valence-corrected chi connectivity index (χ0v) is 12.2. The van der Waals surface area contributed by atoms with Gasteiger partial charge in [-0.3, -0.25) is 0 Å². The molecule has 0 aliphatic heterocycles. The van der Waals surface area contributed by atoms with Gasteiger partial charge in [-0.15, -0.1) is 0 Å². The summed E-state index contributed by atoms with van der Waals surface area (Å²) >= 11 is 5.85. The maximum absolute atomic E-state index is 5.85. The summed E-state index contributed by atoms with van der Waals surface area (Å²) in [5.41, 5.74) is 1.14. The molecule has 1 heterocycles. The van der Waals surface area contributed by atoms with Crippen molar-refractivity contribution in [2.45, 2.75) is 26.3 Å². The smallest absolute Gasteiger partial charge is 0.218 e. The number of anilines is 1. The average Bonchev–Trinajstić information content (AvgIpc) is 2.47. The van der Waals surface area contributed by atoms with E-state index < -0.39 is 0 Å². The van der Waals surface area contributed by atoms with Crippen LogP contribution in [0.5, 0.6) is 5.88 Å². The quantitative estimate of drug-likeness (QED) is 0.786. The van der Waals surface area contributed by atoms with E-state index in [2.05, 4.69) is 22.2 Å². The predicted octanol–water partition coefficient (Wildman–Crippen LogP) is 3.92. The summed E-state index contributed by atoms with van der Waals surface area (Å²) in [7, 11) is 0. The van der Waals surface area contributed by atoms with Gasteiger partial charge in [-0.05, 0) is 24.1 Å². The summed E-state index contributed by atoms with van der Waals surface area (Å²) in [6, 6.07) is 9.52. The number of nitrogens with one attached hydrogen (secondary N) is 1. The third-order valence-electron chi connectivity index (χ3n) is 2.78. The van der Waals surface area contributed by atoms with Gasteiger partial charge in [-0.25, -0.2) is 9.97 Å². The van der Waals surface area contributed by atoms with Gasteiger partial charge in [0.25, 0.3) is 0 Å². The molecule has 0 atom stereocenters. The normalized spacial score (nSPS) is 10.3. The van der Waals surface area contributed by atoms with E-state index in [-0.39, 0.29) is 0 Å². The summed E-state index contributed by atoms with van der Waals surface area (Å²) in [6.07, 6.45) is 3.63. The van der Waals surface area contributed by atoms with E-state index in [0.29, 0.717) is 19.0 Å². The van der Waals surface area contributed by atoms with E-state index in [1.165, 1.54) is 6.33 Å². The van der Waals surface area contributed by atoms with Crippen LogP contribution in [0, 0.1) is 0 Å². The van der Waals surface area contributed by atoms with E-state index in [0.717, 1.165) is 29.2 Å². The molecule has 2 aromatic rings. The summed E-state index contributed by atoms with van der Waals surface area (Å²) in [6.45, 7) is 3.50. The maximum Gasteiger partial charge on any atom is 0.218 e. The molecule has 1 aromatic carbocycles. The minimum atomic E-state index is 0.604. The van der Waals surface area contributed by atoms with Gasteiger partial charge < -0.3 is 10.1 Å². The number of hydrogen-bond donors (Lipinski definition) is 1. The zero-order chi connectivity index (χ0) is 14.2. The molecule has 0 aliphatic carbocycles. The molecule has 5 heteroatoms. The molecule has 106 valence electrons. The lowest BCUT2D eigenvalue weighted by Gasteiger charge is -2.08. The standard InChI is InChI=1S/C15H18ClN3O/c1-2-3-8-20-15-9-14(18-11-19-15)17-10-12-4-6-13(16)7-5-12/h4-7,9,11H,2-3,8,10H2,1H3,(H,17,18,19). The molecule has 0 aliphatic rings. The van der Waals surface area contributed by atoms with Gasteiger partial charge in [0.1, 0.15) is 12.1 Å². The number of unbranched alkanes of at least 4 members (excludes halogenated alkanes) is 1. The Labute approximate surface area is 124 Å². The molecule has 20 heavy (non-hydrogen) atoms. The first-order chi connectivity index (χ1) is 9.78. The van der Waals surface area contributed by atoms with Crippen LogP contribution in [0.2, 0.25) is 5.02 Å². The molecule has 0 saturated heterocycles. The molecular formula is C15H18ClN3O. The lowest BCUT2D eigenvalue weighted by molar-refractivity contribution is 0.297. The SMILES string of the molecule is CCCCOc1cc(NCc2ccc(Cl)cc2)ncn1. The lowest BCUT2D eigenvalue weighted by atomic mass is 10.2. The molecule has 0 spiro atoms. The highest BCUT2D eigenvalue weighted by Crippen LogP contribution is 2.14. The van der Waals surface area contributed by atoms with Crippen molar-refractivity contribution in [3.05, 3.63) is 47.2 Å². The van der Waals surface area contributed by atoms with Crippen LogP contribution in [0.25, 0.3) is 0 Å². The molecule has 0 radical (unpaired) electrons. The fraction of sp³-hybridized carbons (Fsp3) is 0.333. The van der Waals surface area contributed by atoms with Crippen molar-refractivity contribution in [2.24, 2.45) is 0 Å². The van der Waals surface area contributed by atoms with Crippen molar-refractivity contribution in [3.63, 3.8) is 0 Å². The Hall–Kier alpha value is -1.81. The average molecular weight is 292 g/mol. The van der Waals surface area contributed by atoms with E-state index >= 15 is 0 Å². The van der Waals surface area contributed by atoms with E-state index in [4.69, 9.17) is 16.3 Å². The van der Waals surface area contributed by atoms with E-state index in [1.54, 1.807) is 0 Å². The van der Waals surface area contributed by atoms with Crippen molar-refractivity contribution in [1.82, 2.24) is 9.97 Å². The summed E-state index contributed by atoms with van der Waals surface area (Å²) in [5.74, 6) is 1.36. The molecule has 2 rings (SSSR count). The van der Waals surface area contributed by atoms with Crippen LogP contribution in [0.15, 0.2) is 36.7 Å². The summed E-state index contributed by atoms with van der Waals surface area (Å²) in [5, 5.41) is 3.98. The number of benzene rings is 1. The van der Waals surface area contributed by atoms with Crippen molar-refractivity contribution in [1.29, 1.82) is 0 Å². The highest BCUT2D eigenvalue weighted by Gasteiger charge is 2.00. The first-order valence-corrected chi connectivity index (χ1v) is 7.09. The second kappa shape index (κ2) is 7.70. The third-order valence-corrected chi connectivity index (χ3v) is 3.03. The Kier molecular flexibility index (Phi) is 5.62. The molecule has 1 N–H and O–H groups in total. The highest BCUT2D eigenvalue weighted by atomic mass is 35.5. The van der Waals surface area contributed by atoms with Crippen LogP contribution in [0.3, 0.4) is 0 Å². The van der Waals surface area contributed by atoms with E-state index in [9.17, 15) is 0 Å². The minimum Gasteiger partial charge on any atom is -0.478 e. The zero-order valence-electron chi connectivity index (χ0n) is 11.5. The number of ether oxygens (including phenoxy) is 1. The number of nitrogens with zero attached hydrogens (tertiary/aromatic N) is 2. The van der Waals surface area contributed by atoms with Crippen LogP contribution < -0.4 is 10.1 Å². The van der Waals surface area contributed by atoms with Gasteiger partial charge in [-0.1, -0.05) is 37.1 Å². The molecule has 0 amide bonds. The Morgan fingerprint density at radius 1 is 1.20 bits per heavy atom. The van der Waals surface area contributed by atoms with Gasteiger partial charge in [0.05, 0.1) is 6.61 Å². The predicted molar refractivity (Wildman–Crippen MR) is 81.2 cm³/mol. The van der Waals surface area contributed by atoms with Crippen LogP contribution >= 0.6 is 11.6 Å². The number of hydrogen-bond acceptors (Lipinski definition) is 4. The molecule has 0 saturated carbocycles. The highest BCUT2D eigenvalue weighted by molar-refractivity contribution is 6.30. The fourth-order valence-electron chi connectivity index (χ4n) is 1.63. The monoisotopic (exact) mass is 291 g/mol. The Balaban J connectivity index is 1.89. The second-order valence-corrected chi connectivity index (χ2v) is 4.86. The van der Waals surface area contributed by atoms with Crippen molar-refractivity contribution < 1.29 is 4.74 Å². The molecule has 0 bridgehead atoms. The van der Waals surface area contributed by atoms with Gasteiger partial charge in [-0.2, -0.15) is 0 Å². The Morgan fingerprint density at radius 3 is 2.75 bits per heavy atom. The third kappa shape index (κ3) is 4.70. The first-order valence-electron chi connectivity index (χ1n) is 6.71. The van der Waals surface area contributed by atoms with Gasteiger partial charge in [0.15, 0.2) is 0 Å². The van der Waals surface area contributed by atoms with Crippen LogP contribution in [-0.2, 0) is 6.54 Å². The fourth-order valence-corrected chi connectivity index (χ4v) is 1.76. The van der Waals surface area contributed by atoms with Crippen molar-refractivity contribution in [3.8, 4) is 5.88 Å². The molecule has 4 nitrogen and oxygen atoms in total. The maximum atomic E-state index is 5.85. The number of halogens is 1. The molecular weight excluding hydrogens is 274 g/mol. The number of rotatable bonds is 7. The first kappa shape index (κ1) is 14.6. The van der Waals surface area contributed by atoms with Crippen LogP contribution in [0.1, 0.15) is 25.3 Å². The van der Waals surface area contributed by atoms with Crippen molar-refractivity contribution in [2.75, 3.05) is 11.9 Å². The van der Waals surface area contributed by atoms with Crippen LogP contribution in [0.4, 0.5) is 5.82 Å². The topological polar surface area (TPSA) is 47.0 Å². The summed E-state index contributed by atoms with van der Waals surface area (Å²) in [4.78, 5) is 8.26. The Morgan fingerprint density at radius 2 is 2.00 bits per heavy atom. The van der Waals surface area contributed by atoms with E-state index in [1.807, 2.05) is 30.3 Å². The minimum absolute atomic E-state index is 0.604. The molecule has 1 aromatic heterocycles. The number of aromatic nitrogens is 2. The second-order valence-electron chi connectivity index (χ2n) is 4.42. The molecule has 0 unspecified atom stereocenters. The van der Waals surface area contributed by atoms with Crippen LogP contribution in [-0.4, -0.2) is 16.6 Å². The van der Waals surface area contributed by atoms with Gasteiger partial charge >= 0.3 is 0 Å². The summed E-state index contributed by atoms with van der Waals surface area (Å²) < 4.78 is 5.55. The lowest BCUT2D eigenvalue weighted by Crippen LogP contribution is -2.03. The molecule has 0 fully saturated rings. The Bertz CT molecular complexity index is 531.